The van der Waals surface area contributed by atoms with Crippen molar-refractivity contribution in [2.45, 2.75) is 0 Å². The maximum atomic E-state index is 6.75. The van der Waals surface area contributed by atoms with Crippen molar-refractivity contribution < 1.29 is 9.47 Å². The molecule has 0 saturated carbocycles. The largest absolute Gasteiger partial charge is 0.457 e. The number of hydrogen-bond acceptors (Lipinski definition) is 8. The number of aromatic nitrogens is 9. The molecule has 0 aliphatic heterocycles. The van der Waals surface area contributed by atoms with Gasteiger partial charge in [0.2, 0.25) is 5.95 Å². The Morgan fingerprint density at radius 3 is 1.07 bits per heavy atom. The average molecular weight is 864 g/mol. The molecule has 0 unspecified atom stereocenters. The summed E-state index contributed by atoms with van der Waals surface area (Å²) in [7, 11) is 0. The predicted octanol–water partition coefficient (Wildman–Crippen LogP) is 13.2. The highest BCUT2D eigenvalue weighted by molar-refractivity contribution is 6.12. The van der Waals surface area contributed by atoms with Gasteiger partial charge in [-0.1, -0.05) is 60.7 Å². The lowest BCUT2D eigenvalue weighted by Gasteiger charge is -2.11. The van der Waals surface area contributed by atoms with E-state index >= 15 is 0 Å². The van der Waals surface area contributed by atoms with Crippen LogP contribution >= 0.6 is 0 Å². The first-order chi connectivity index (χ1) is 33.2. The molecule has 0 N–H and O–H groups in total. The highest BCUT2D eigenvalue weighted by atomic mass is 16.5. The van der Waals surface area contributed by atoms with Crippen molar-refractivity contribution in [1.29, 1.82) is 0 Å². The highest BCUT2D eigenvalue weighted by Crippen LogP contribution is 2.41. The lowest BCUT2D eigenvalue weighted by molar-refractivity contribution is 0.484. The highest BCUT2D eigenvalue weighted by Gasteiger charge is 2.20. The number of nitrogens with zero attached hydrogens (tertiary/aromatic N) is 9. The lowest BCUT2D eigenvalue weighted by atomic mass is 10.1. The zero-order valence-electron chi connectivity index (χ0n) is 35.4. The summed E-state index contributed by atoms with van der Waals surface area (Å²) >= 11 is 0. The van der Waals surface area contributed by atoms with Gasteiger partial charge in [-0.15, -0.1) is 0 Å². The molecule has 0 spiro atoms. The van der Waals surface area contributed by atoms with Crippen molar-refractivity contribution in [3.05, 3.63) is 201 Å². The van der Waals surface area contributed by atoms with Gasteiger partial charge in [0.15, 0.2) is 0 Å². The Balaban J connectivity index is 0.873. The van der Waals surface area contributed by atoms with Crippen LogP contribution in [0.3, 0.4) is 0 Å². The summed E-state index contributed by atoms with van der Waals surface area (Å²) in [6.07, 6.45) is 6.76. The van der Waals surface area contributed by atoms with Crippen LogP contribution in [0.5, 0.6) is 23.0 Å². The van der Waals surface area contributed by atoms with Crippen molar-refractivity contribution in [2.24, 2.45) is 0 Å². The summed E-state index contributed by atoms with van der Waals surface area (Å²) in [5, 5.41) is 8.43. The van der Waals surface area contributed by atoms with Gasteiger partial charge in [0.25, 0.3) is 0 Å². The van der Waals surface area contributed by atoms with Crippen LogP contribution in [0.2, 0.25) is 0 Å². The van der Waals surface area contributed by atoms with Gasteiger partial charge >= 0.3 is 0 Å². The zero-order valence-corrected chi connectivity index (χ0v) is 35.4. The molecule has 0 bridgehead atoms. The number of hydrogen-bond donors (Lipinski definition) is 0. The fourth-order valence-corrected chi connectivity index (χ4v) is 9.82. The molecule has 0 fully saturated rings. The molecular formula is C56H33N9O2. The topological polar surface area (TPSA) is 111 Å². The Morgan fingerprint density at radius 2 is 0.642 bits per heavy atom. The second-order valence-electron chi connectivity index (χ2n) is 16.4. The third-order valence-electron chi connectivity index (χ3n) is 12.7. The minimum Gasteiger partial charge on any atom is -0.457 e. The molecule has 0 amide bonds. The molecule has 67 heavy (non-hydrogen) atoms. The third-order valence-corrected chi connectivity index (χ3v) is 12.7. The van der Waals surface area contributed by atoms with E-state index in [0.29, 0.717) is 28.9 Å². The molecule has 11 nitrogen and oxygen atoms in total. The molecule has 0 aliphatic carbocycles. The van der Waals surface area contributed by atoms with Gasteiger partial charge in [-0.2, -0.15) is 0 Å². The van der Waals surface area contributed by atoms with Gasteiger partial charge in [-0.25, -0.2) is 29.9 Å². The van der Waals surface area contributed by atoms with Crippen LogP contribution < -0.4 is 9.47 Å². The van der Waals surface area contributed by atoms with Gasteiger partial charge in [0.1, 0.15) is 47.3 Å². The van der Waals surface area contributed by atoms with Gasteiger partial charge < -0.3 is 9.47 Å². The molecule has 11 heteroatoms. The van der Waals surface area contributed by atoms with Crippen LogP contribution in [0, 0.1) is 0 Å². The number of fused-ring (bicyclic) bond motifs is 11. The molecule has 314 valence electrons. The third kappa shape index (κ3) is 5.78. The fraction of sp³-hybridized carbons (Fsp3) is 0. The summed E-state index contributed by atoms with van der Waals surface area (Å²) in [4.78, 5) is 28.2. The molecule has 6 heterocycles. The number of benzene rings is 8. The summed E-state index contributed by atoms with van der Waals surface area (Å²) in [5.41, 5.74) is 7.60. The van der Waals surface area contributed by atoms with Crippen molar-refractivity contribution in [3.8, 4) is 40.6 Å². The smallest absolute Gasteiger partial charge is 0.234 e. The van der Waals surface area contributed by atoms with Crippen LogP contribution in [-0.4, -0.2) is 43.6 Å². The summed E-state index contributed by atoms with van der Waals surface area (Å²) in [5.74, 6) is 4.86. The van der Waals surface area contributed by atoms with Crippen LogP contribution in [0.4, 0.5) is 0 Å². The monoisotopic (exact) mass is 863 g/mol. The first-order valence-electron chi connectivity index (χ1n) is 21.9. The van der Waals surface area contributed by atoms with E-state index in [9.17, 15) is 0 Å². The fourth-order valence-electron chi connectivity index (χ4n) is 9.82. The van der Waals surface area contributed by atoms with Gasteiger partial charge in [-0.3, -0.25) is 13.7 Å². The van der Waals surface area contributed by atoms with E-state index in [1.165, 1.54) is 0 Å². The minimum absolute atomic E-state index is 0.530. The van der Waals surface area contributed by atoms with Gasteiger partial charge in [0.05, 0.1) is 44.1 Å². The zero-order chi connectivity index (χ0) is 44.0. The first-order valence-corrected chi connectivity index (χ1v) is 21.9. The first kappa shape index (κ1) is 36.9. The van der Waals surface area contributed by atoms with Crippen molar-refractivity contribution >= 4 is 87.2 Å². The molecule has 8 aromatic carbocycles. The van der Waals surface area contributed by atoms with Gasteiger partial charge in [0, 0.05) is 79.7 Å². The van der Waals surface area contributed by atoms with Crippen LogP contribution in [0.1, 0.15) is 0 Å². The normalized spacial score (nSPS) is 11.9. The minimum atomic E-state index is 0.530. The van der Waals surface area contributed by atoms with E-state index in [1.54, 1.807) is 25.0 Å². The Morgan fingerprint density at radius 1 is 0.284 bits per heavy atom. The summed E-state index contributed by atoms with van der Waals surface area (Å²) in [6.45, 7) is 0. The Labute approximate surface area is 380 Å². The van der Waals surface area contributed by atoms with E-state index in [4.69, 9.17) is 29.4 Å². The second kappa shape index (κ2) is 14.5. The standard InChI is InChI=1S/C56H33N9O2/c1-5-14-46-44(12-1)54(61-32-59-46)63-48-16-7-3-10-38(48)40-22-18-34(28-50(40)63)66-36-20-24-42-43-25-21-37(31-53(43)65(52(42)30-36)56-57-26-9-27-58-56)67-35-19-23-41-39-11-4-8-17-49(39)64(51(41)29-35)55-45-13-2-6-15-47(45)60-33-62-55/h1-33H. The van der Waals surface area contributed by atoms with E-state index in [2.05, 4.69) is 121 Å². The van der Waals surface area contributed by atoms with Crippen LogP contribution in [-0.2, 0) is 0 Å². The van der Waals surface area contributed by atoms with Crippen molar-refractivity contribution in [2.75, 3.05) is 0 Å². The molecule has 0 saturated heterocycles. The number of ether oxygens (including phenoxy) is 2. The van der Waals surface area contributed by atoms with Crippen LogP contribution in [0.15, 0.2) is 201 Å². The van der Waals surface area contributed by atoms with Crippen LogP contribution in [0.25, 0.3) is 105 Å². The maximum absolute atomic E-state index is 6.75. The molecule has 14 aromatic rings. The average Bonchev–Trinajstić information content (AvgIpc) is 4.00. The van der Waals surface area contributed by atoms with Crippen molar-refractivity contribution in [1.82, 2.24) is 43.6 Å². The lowest BCUT2D eigenvalue weighted by Crippen LogP contribution is -2.00. The predicted molar refractivity (Wildman–Crippen MR) is 264 cm³/mol. The molecule has 6 aromatic heterocycles. The number of para-hydroxylation sites is 4. The Hall–Kier alpha value is -9.48. The maximum Gasteiger partial charge on any atom is 0.234 e. The molecule has 0 aliphatic rings. The SMILES string of the molecule is c1cnc(-n2c3cc(Oc4ccc5c6ccccc6n(-c6ncnc7ccccc67)c5c4)ccc3c3ccc(Oc4ccc5c6ccccc6n(-c6ncnc7ccccc67)c5c4)cc32)nc1. The molecular weight excluding hydrogens is 831 g/mol. The molecule has 0 radical (unpaired) electrons. The van der Waals surface area contributed by atoms with E-state index in [-0.39, 0.29) is 0 Å². The van der Waals surface area contributed by atoms with E-state index in [0.717, 1.165) is 98.9 Å². The summed E-state index contributed by atoms with van der Waals surface area (Å²) < 4.78 is 20.0. The molecule has 0 atom stereocenters. The van der Waals surface area contributed by atoms with E-state index in [1.807, 2.05) is 78.9 Å². The Bertz CT molecular complexity index is 4040. The summed E-state index contributed by atoms with van der Waals surface area (Å²) in [6, 6.07) is 59.6. The Kier molecular flexibility index (Phi) is 8.01. The molecule has 14 rings (SSSR count). The number of rotatable bonds is 7. The second-order valence-corrected chi connectivity index (χ2v) is 16.4. The van der Waals surface area contributed by atoms with Crippen molar-refractivity contribution in [3.63, 3.8) is 0 Å². The van der Waals surface area contributed by atoms with E-state index < -0.39 is 0 Å². The van der Waals surface area contributed by atoms with Gasteiger partial charge in [-0.05, 0) is 91.0 Å². The quantitative estimate of drug-likeness (QED) is 0.156.